The van der Waals surface area contributed by atoms with E-state index in [-0.39, 0.29) is 11.9 Å². The average molecular weight is 338 g/mol. The maximum Gasteiger partial charge on any atom is 0.243 e. The lowest BCUT2D eigenvalue weighted by Gasteiger charge is -2.32. The molecule has 0 aliphatic carbocycles. The first-order chi connectivity index (χ1) is 10.9. The molecule has 1 aromatic rings. The van der Waals surface area contributed by atoms with Crippen molar-refractivity contribution in [2.75, 3.05) is 31.2 Å². The Morgan fingerprint density at radius 1 is 1.26 bits per heavy atom. The second-order valence-corrected chi connectivity index (χ2v) is 8.00. The minimum absolute atomic E-state index is 0.0989. The van der Waals surface area contributed by atoms with Crippen LogP contribution in [0.15, 0.2) is 23.1 Å². The van der Waals surface area contributed by atoms with E-state index in [9.17, 15) is 13.2 Å². The van der Waals surface area contributed by atoms with Crippen molar-refractivity contribution in [3.63, 3.8) is 0 Å². The number of ether oxygens (including phenoxy) is 1. The number of carbonyl (C=O) groups excluding carboxylic acids is 1. The summed E-state index contributed by atoms with van der Waals surface area (Å²) in [4.78, 5) is 13.9. The highest BCUT2D eigenvalue weighted by atomic mass is 32.2. The van der Waals surface area contributed by atoms with Crippen LogP contribution in [0.4, 0.5) is 5.69 Å². The number of aryl methyl sites for hydroxylation is 1. The largest absolute Gasteiger partial charge is 0.378 e. The van der Waals surface area contributed by atoms with Gasteiger partial charge in [-0.15, -0.1) is 0 Å². The molecule has 6 nitrogen and oxygen atoms in total. The topological polar surface area (TPSA) is 66.9 Å². The summed E-state index contributed by atoms with van der Waals surface area (Å²) in [6, 6.07) is 4.97. The second-order valence-electron chi connectivity index (χ2n) is 6.14. The van der Waals surface area contributed by atoms with Crippen LogP contribution < -0.4 is 4.90 Å². The molecule has 2 fully saturated rings. The lowest BCUT2D eigenvalue weighted by molar-refractivity contribution is -0.117. The Kier molecular flexibility index (Phi) is 4.44. The van der Waals surface area contributed by atoms with E-state index in [0.29, 0.717) is 43.2 Å². The average Bonchev–Trinajstić information content (AvgIpc) is 2.93. The molecule has 3 rings (SSSR count). The van der Waals surface area contributed by atoms with Crippen LogP contribution in [0, 0.1) is 6.92 Å². The summed E-state index contributed by atoms with van der Waals surface area (Å²) >= 11 is 0. The van der Waals surface area contributed by atoms with Gasteiger partial charge in [0.05, 0.1) is 18.1 Å². The van der Waals surface area contributed by atoms with E-state index in [1.165, 1.54) is 4.31 Å². The van der Waals surface area contributed by atoms with Gasteiger partial charge >= 0.3 is 0 Å². The van der Waals surface area contributed by atoms with Crippen molar-refractivity contribution in [2.45, 2.75) is 37.6 Å². The van der Waals surface area contributed by atoms with E-state index in [1.807, 2.05) is 6.92 Å². The van der Waals surface area contributed by atoms with Gasteiger partial charge in [-0.2, -0.15) is 4.31 Å². The molecular formula is C16H22N2O4S. The number of anilines is 1. The summed E-state index contributed by atoms with van der Waals surface area (Å²) in [6.07, 6.45) is 1.41. The fourth-order valence-corrected chi connectivity index (χ4v) is 5.02. The maximum atomic E-state index is 12.9. The Morgan fingerprint density at radius 3 is 2.65 bits per heavy atom. The molecule has 2 aliphatic heterocycles. The van der Waals surface area contributed by atoms with Crippen LogP contribution >= 0.6 is 0 Å². The predicted octanol–water partition coefficient (Wildman–Crippen LogP) is 1.53. The Labute approximate surface area is 137 Å². The van der Waals surface area contributed by atoms with Crippen molar-refractivity contribution in [2.24, 2.45) is 0 Å². The summed E-state index contributed by atoms with van der Waals surface area (Å²) in [7, 11) is -3.55. The first-order valence-corrected chi connectivity index (χ1v) is 9.36. The Bertz CT molecular complexity index is 717. The van der Waals surface area contributed by atoms with Gasteiger partial charge in [-0.25, -0.2) is 8.42 Å². The van der Waals surface area contributed by atoms with Crippen LogP contribution in [0.3, 0.4) is 0 Å². The van der Waals surface area contributed by atoms with Crippen LogP contribution in [-0.2, 0) is 19.6 Å². The lowest BCUT2D eigenvalue weighted by Crippen LogP contribution is -2.47. The van der Waals surface area contributed by atoms with Gasteiger partial charge in [0.15, 0.2) is 0 Å². The fraction of sp³-hybridized carbons (Fsp3) is 0.562. The molecule has 2 aliphatic rings. The standard InChI is InChI=1S/C16H22N2O4S/c1-12-10-14(17-7-3-4-16(17)19)5-6-15(12)23(20,21)18-8-9-22-11-13(18)2/h5-6,10,13H,3-4,7-9,11H2,1-2H3. The molecule has 23 heavy (non-hydrogen) atoms. The fourth-order valence-electron chi connectivity index (χ4n) is 3.21. The first-order valence-electron chi connectivity index (χ1n) is 7.92. The van der Waals surface area contributed by atoms with Gasteiger partial charge in [0.1, 0.15) is 0 Å². The molecular weight excluding hydrogens is 316 g/mol. The number of morpholine rings is 1. The van der Waals surface area contributed by atoms with Crippen LogP contribution in [0.25, 0.3) is 0 Å². The minimum Gasteiger partial charge on any atom is -0.378 e. The molecule has 0 bridgehead atoms. The van der Waals surface area contributed by atoms with Crippen LogP contribution in [0.2, 0.25) is 0 Å². The number of hydrogen-bond donors (Lipinski definition) is 0. The lowest BCUT2D eigenvalue weighted by atomic mass is 10.2. The molecule has 1 atom stereocenters. The van der Waals surface area contributed by atoms with E-state index in [1.54, 1.807) is 30.0 Å². The monoisotopic (exact) mass is 338 g/mol. The highest BCUT2D eigenvalue weighted by Crippen LogP contribution is 2.28. The van der Waals surface area contributed by atoms with E-state index in [4.69, 9.17) is 4.74 Å². The molecule has 2 heterocycles. The zero-order valence-electron chi connectivity index (χ0n) is 13.5. The SMILES string of the molecule is Cc1cc(N2CCCC2=O)ccc1S(=O)(=O)N1CCOCC1C. The predicted molar refractivity (Wildman–Crippen MR) is 86.9 cm³/mol. The molecule has 0 radical (unpaired) electrons. The quantitative estimate of drug-likeness (QED) is 0.838. The van der Waals surface area contributed by atoms with Crippen molar-refractivity contribution in [3.05, 3.63) is 23.8 Å². The third-order valence-corrected chi connectivity index (χ3v) is 6.61. The number of benzene rings is 1. The molecule has 0 aromatic heterocycles. The molecule has 0 saturated carbocycles. The number of carbonyl (C=O) groups is 1. The number of amides is 1. The third kappa shape index (κ3) is 3.00. The van der Waals surface area contributed by atoms with Crippen molar-refractivity contribution in [3.8, 4) is 0 Å². The molecule has 126 valence electrons. The molecule has 1 unspecified atom stereocenters. The van der Waals surface area contributed by atoms with Crippen LogP contribution in [0.1, 0.15) is 25.3 Å². The number of sulfonamides is 1. The van der Waals surface area contributed by atoms with Crippen molar-refractivity contribution in [1.29, 1.82) is 0 Å². The second kappa shape index (κ2) is 6.22. The van der Waals surface area contributed by atoms with E-state index in [2.05, 4.69) is 0 Å². The van der Waals surface area contributed by atoms with Crippen molar-refractivity contribution < 1.29 is 17.9 Å². The Balaban J connectivity index is 1.92. The minimum atomic E-state index is -3.55. The number of hydrogen-bond acceptors (Lipinski definition) is 4. The summed E-state index contributed by atoms with van der Waals surface area (Å²) in [5.74, 6) is 0.0989. The van der Waals surface area contributed by atoms with Crippen molar-refractivity contribution >= 4 is 21.6 Å². The zero-order chi connectivity index (χ0) is 16.6. The molecule has 7 heteroatoms. The molecule has 0 N–H and O–H groups in total. The molecule has 1 aromatic carbocycles. The van der Waals surface area contributed by atoms with E-state index in [0.717, 1.165) is 12.1 Å². The smallest absolute Gasteiger partial charge is 0.243 e. The summed E-state index contributed by atoms with van der Waals surface area (Å²) in [6.45, 7) is 5.53. The number of nitrogens with zero attached hydrogens (tertiary/aromatic N) is 2. The summed E-state index contributed by atoms with van der Waals surface area (Å²) in [5.41, 5.74) is 1.44. The molecule has 2 saturated heterocycles. The first kappa shape index (κ1) is 16.4. The van der Waals surface area contributed by atoms with Gasteiger partial charge in [0.2, 0.25) is 15.9 Å². The maximum absolute atomic E-state index is 12.9. The van der Waals surface area contributed by atoms with Gasteiger partial charge in [-0.3, -0.25) is 4.79 Å². The summed E-state index contributed by atoms with van der Waals surface area (Å²) < 4.78 is 32.6. The van der Waals surface area contributed by atoms with Gasteiger partial charge in [0.25, 0.3) is 0 Å². The summed E-state index contributed by atoms with van der Waals surface area (Å²) in [5, 5.41) is 0. The highest BCUT2D eigenvalue weighted by Gasteiger charge is 2.33. The third-order valence-electron chi connectivity index (χ3n) is 4.44. The molecule has 0 spiro atoms. The van der Waals surface area contributed by atoms with Gasteiger partial charge < -0.3 is 9.64 Å². The van der Waals surface area contributed by atoms with Crippen LogP contribution in [0.5, 0.6) is 0 Å². The van der Waals surface area contributed by atoms with Gasteiger partial charge in [-0.05, 0) is 44.0 Å². The van der Waals surface area contributed by atoms with E-state index < -0.39 is 10.0 Å². The molecule has 1 amide bonds. The Morgan fingerprint density at radius 2 is 2.04 bits per heavy atom. The Hall–Kier alpha value is -1.44. The van der Waals surface area contributed by atoms with Gasteiger partial charge in [-0.1, -0.05) is 0 Å². The zero-order valence-corrected chi connectivity index (χ0v) is 14.3. The van der Waals surface area contributed by atoms with E-state index >= 15 is 0 Å². The van der Waals surface area contributed by atoms with Gasteiger partial charge in [0, 0.05) is 31.2 Å². The normalized spacial score (nSPS) is 23.5. The number of rotatable bonds is 3. The van der Waals surface area contributed by atoms with Crippen molar-refractivity contribution in [1.82, 2.24) is 4.31 Å². The van der Waals surface area contributed by atoms with Crippen LogP contribution in [-0.4, -0.2) is 51.0 Å². The highest BCUT2D eigenvalue weighted by molar-refractivity contribution is 7.89.